The zero-order valence-electron chi connectivity index (χ0n) is 15.0. The molecule has 0 unspecified atom stereocenters. The number of urea groups is 1. The van der Waals surface area contributed by atoms with E-state index in [9.17, 15) is 9.59 Å². The Hall–Kier alpha value is -2.73. The quantitative estimate of drug-likeness (QED) is 0.790. The molecule has 2 heterocycles. The molecule has 1 fully saturated rings. The first kappa shape index (κ1) is 17.7. The molecule has 0 bridgehead atoms. The van der Waals surface area contributed by atoms with Gasteiger partial charge in [0.15, 0.2) is 0 Å². The predicted molar refractivity (Wildman–Crippen MR) is 106 cm³/mol. The number of nitrogens with one attached hydrogen (secondary N) is 2. The van der Waals surface area contributed by atoms with Gasteiger partial charge in [0.25, 0.3) is 5.91 Å². The van der Waals surface area contributed by atoms with Crippen molar-refractivity contribution in [2.24, 2.45) is 0 Å². The summed E-state index contributed by atoms with van der Waals surface area (Å²) in [6, 6.07) is 14.6. The molecule has 140 valence electrons. The number of amides is 3. The van der Waals surface area contributed by atoms with Crippen LogP contribution in [0, 0.1) is 0 Å². The van der Waals surface area contributed by atoms with Crippen molar-refractivity contribution in [3.8, 4) is 0 Å². The Kier molecular flexibility index (Phi) is 4.44. The van der Waals surface area contributed by atoms with Crippen molar-refractivity contribution in [3.63, 3.8) is 0 Å². The average molecular weight is 385 g/mol. The maximum atomic E-state index is 12.6. The number of benzene rings is 2. The van der Waals surface area contributed by atoms with Gasteiger partial charge in [-0.25, -0.2) is 4.79 Å². The number of hydrogen-bond acceptors (Lipinski definition) is 3. The van der Waals surface area contributed by atoms with Crippen molar-refractivity contribution in [2.75, 3.05) is 30.4 Å². The first-order valence-corrected chi connectivity index (χ1v) is 9.34. The summed E-state index contributed by atoms with van der Waals surface area (Å²) in [5, 5.41) is 6.53. The third kappa shape index (κ3) is 3.10. The van der Waals surface area contributed by atoms with Gasteiger partial charge in [0.05, 0.1) is 22.0 Å². The summed E-state index contributed by atoms with van der Waals surface area (Å²) in [6.45, 7) is 1.09. The van der Waals surface area contributed by atoms with Crippen LogP contribution in [0.3, 0.4) is 0 Å². The van der Waals surface area contributed by atoms with E-state index in [-0.39, 0.29) is 11.9 Å². The van der Waals surface area contributed by atoms with Gasteiger partial charge in [-0.15, -0.1) is 0 Å². The summed E-state index contributed by atoms with van der Waals surface area (Å²) >= 11 is 6.12. The topological polar surface area (TPSA) is 64.7 Å². The molecule has 7 heteroatoms. The molecule has 0 aliphatic carbocycles. The van der Waals surface area contributed by atoms with Gasteiger partial charge in [0.2, 0.25) is 0 Å². The van der Waals surface area contributed by atoms with Crippen LogP contribution < -0.4 is 15.5 Å². The maximum absolute atomic E-state index is 12.6. The SMILES string of the molecule is CN1c2ccccc2C(=O)NC12CCN(C(=O)Nc1ccccc1Cl)CC2. The highest BCUT2D eigenvalue weighted by atomic mass is 35.5. The second-order valence-corrected chi connectivity index (χ2v) is 7.37. The molecule has 4 rings (SSSR count). The smallest absolute Gasteiger partial charge is 0.321 e. The van der Waals surface area contributed by atoms with Crippen LogP contribution in [0.25, 0.3) is 0 Å². The molecule has 3 amide bonds. The average Bonchev–Trinajstić information content (AvgIpc) is 2.69. The Balaban J connectivity index is 1.47. The Bertz CT molecular complexity index is 893. The fraction of sp³-hybridized carbons (Fsp3) is 0.300. The van der Waals surface area contributed by atoms with E-state index in [1.165, 1.54) is 0 Å². The second-order valence-electron chi connectivity index (χ2n) is 6.96. The highest BCUT2D eigenvalue weighted by molar-refractivity contribution is 6.33. The van der Waals surface area contributed by atoms with E-state index in [0.717, 1.165) is 5.69 Å². The van der Waals surface area contributed by atoms with Gasteiger partial charge >= 0.3 is 6.03 Å². The minimum Gasteiger partial charge on any atom is -0.351 e. The van der Waals surface area contributed by atoms with E-state index in [2.05, 4.69) is 15.5 Å². The minimum absolute atomic E-state index is 0.0577. The number of piperidine rings is 1. The van der Waals surface area contributed by atoms with Crippen molar-refractivity contribution >= 4 is 34.9 Å². The van der Waals surface area contributed by atoms with Gasteiger partial charge in [-0.2, -0.15) is 0 Å². The minimum atomic E-state index is -0.466. The van der Waals surface area contributed by atoms with E-state index >= 15 is 0 Å². The van der Waals surface area contributed by atoms with Crippen LogP contribution in [-0.4, -0.2) is 42.6 Å². The van der Waals surface area contributed by atoms with Crippen LogP contribution in [0.5, 0.6) is 0 Å². The molecule has 1 saturated heterocycles. The van der Waals surface area contributed by atoms with Crippen LogP contribution in [0.4, 0.5) is 16.2 Å². The molecule has 0 atom stereocenters. The summed E-state index contributed by atoms with van der Waals surface area (Å²) < 4.78 is 0. The fourth-order valence-electron chi connectivity index (χ4n) is 3.85. The Labute approximate surface area is 163 Å². The number of anilines is 2. The third-order valence-electron chi connectivity index (χ3n) is 5.49. The van der Waals surface area contributed by atoms with Crippen molar-refractivity contribution in [3.05, 3.63) is 59.1 Å². The molecule has 0 saturated carbocycles. The normalized spacial score (nSPS) is 18.1. The van der Waals surface area contributed by atoms with Gasteiger partial charge < -0.3 is 20.4 Å². The van der Waals surface area contributed by atoms with Crippen molar-refractivity contribution in [1.82, 2.24) is 10.2 Å². The van der Waals surface area contributed by atoms with Crippen LogP contribution in [0.2, 0.25) is 5.02 Å². The number of nitrogens with zero attached hydrogens (tertiary/aromatic N) is 2. The molecule has 2 aromatic rings. The van der Waals surface area contributed by atoms with Gasteiger partial charge in [0, 0.05) is 33.0 Å². The standard InChI is InChI=1S/C20H21ClN4O2/c1-24-17-9-5-2-6-14(17)18(26)23-20(24)10-12-25(13-11-20)19(27)22-16-8-4-3-7-15(16)21/h2-9H,10-13H2,1H3,(H,22,27)(H,23,26). The fourth-order valence-corrected chi connectivity index (χ4v) is 4.03. The Morgan fingerprint density at radius 2 is 1.78 bits per heavy atom. The van der Waals surface area contributed by atoms with Crippen molar-refractivity contribution < 1.29 is 9.59 Å². The zero-order valence-corrected chi connectivity index (χ0v) is 15.8. The van der Waals surface area contributed by atoms with E-state index < -0.39 is 5.66 Å². The number of fused-ring (bicyclic) bond motifs is 1. The first-order valence-electron chi connectivity index (χ1n) is 8.96. The number of para-hydroxylation sites is 2. The zero-order chi connectivity index (χ0) is 19.0. The van der Waals surface area contributed by atoms with Crippen molar-refractivity contribution in [2.45, 2.75) is 18.5 Å². The van der Waals surface area contributed by atoms with E-state index in [4.69, 9.17) is 11.6 Å². The highest BCUT2D eigenvalue weighted by Gasteiger charge is 2.44. The lowest BCUT2D eigenvalue weighted by molar-refractivity contribution is 0.0815. The lowest BCUT2D eigenvalue weighted by Crippen LogP contribution is -2.67. The molecular weight excluding hydrogens is 364 g/mol. The molecule has 2 aliphatic rings. The summed E-state index contributed by atoms with van der Waals surface area (Å²) in [5.41, 5.74) is 1.74. The van der Waals surface area contributed by atoms with Crippen LogP contribution >= 0.6 is 11.6 Å². The van der Waals surface area contributed by atoms with Crippen molar-refractivity contribution in [1.29, 1.82) is 0 Å². The molecule has 2 aromatic carbocycles. The van der Waals surface area contributed by atoms with Crippen LogP contribution in [-0.2, 0) is 0 Å². The Morgan fingerprint density at radius 1 is 1.11 bits per heavy atom. The number of carbonyl (C=O) groups is 2. The molecule has 1 spiro atoms. The van der Waals surface area contributed by atoms with E-state index in [1.807, 2.05) is 43.4 Å². The van der Waals surface area contributed by atoms with Crippen LogP contribution in [0.15, 0.2) is 48.5 Å². The summed E-state index contributed by atoms with van der Waals surface area (Å²) in [5.74, 6) is -0.0577. The third-order valence-corrected chi connectivity index (χ3v) is 5.82. The van der Waals surface area contributed by atoms with Gasteiger partial charge in [-0.1, -0.05) is 35.9 Å². The summed E-state index contributed by atoms with van der Waals surface area (Å²) in [7, 11) is 2.00. The number of halogens is 1. The summed E-state index contributed by atoms with van der Waals surface area (Å²) in [6.07, 6.45) is 1.30. The lowest BCUT2D eigenvalue weighted by Gasteiger charge is -2.51. The van der Waals surface area contributed by atoms with E-state index in [1.54, 1.807) is 17.0 Å². The molecule has 0 aromatic heterocycles. The van der Waals surface area contributed by atoms with Gasteiger partial charge in [-0.3, -0.25) is 4.79 Å². The largest absolute Gasteiger partial charge is 0.351 e. The predicted octanol–water partition coefficient (Wildman–Crippen LogP) is 3.54. The van der Waals surface area contributed by atoms with Crippen LogP contribution in [0.1, 0.15) is 23.2 Å². The summed E-state index contributed by atoms with van der Waals surface area (Å²) in [4.78, 5) is 29.0. The molecule has 2 aliphatic heterocycles. The van der Waals surface area contributed by atoms with Gasteiger partial charge in [0.1, 0.15) is 5.66 Å². The Morgan fingerprint density at radius 3 is 2.52 bits per heavy atom. The monoisotopic (exact) mass is 384 g/mol. The number of rotatable bonds is 1. The number of carbonyl (C=O) groups excluding carboxylic acids is 2. The van der Waals surface area contributed by atoms with Gasteiger partial charge in [-0.05, 0) is 24.3 Å². The van der Waals surface area contributed by atoms with E-state index in [0.29, 0.717) is 42.2 Å². The number of hydrogen-bond donors (Lipinski definition) is 2. The number of likely N-dealkylation sites (tertiary alicyclic amines) is 1. The second kappa shape index (κ2) is 6.78. The molecule has 0 radical (unpaired) electrons. The lowest BCUT2D eigenvalue weighted by atomic mass is 9.90. The highest BCUT2D eigenvalue weighted by Crippen LogP contribution is 2.36. The maximum Gasteiger partial charge on any atom is 0.321 e. The first-order chi connectivity index (χ1) is 13.0. The molecule has 6 nitrogen and oxygen atoms in total. The molecule has 27 heavy (non-hydrogen) atoms. The molecule has 2 N–H and O–H groups in total. The molecular formula is C20H21ClN4O2.